The Morgan fingerprint density at radius 3 is 2.78 bits per heavy atom. The third kappa shape index (κ3) is 4.72. The summed E-state index contributed by atoms with van der Waals surface area (Å²) in [5.41, 5.74) is 0.990. The maximum absolute atomic E-state index is 12.8. The lowest BCUT2D eigenvalue weighted by atomic mass is 10.4. The highest BCUT2D eigenvalue weighted by Gasteiger charge is 2.11. The minimum absolute atomic E-state index is 0.0768. The smallest absolute Gasteiger partial charge is 0.319 e. The zero-order chi connectivity index (χ0) is 16.8. The highest BCUT2D eigenvalue weighted by atomic mass is 32.1. The van der Waals surface area contributed by atoms with E-state index in [0.29, 0.717) is 19.0 Å². The molecule has 0 fully saturated rings. The van der Waals surface area contributed by atoms with Gasteiger partial charge < -0.3 is 10.6 Å². The predicted octanol–water partition coefficient (Wildman–Crippen LogP) is 2.61. The van der Waals surface area contributed by atoms with Gasteiger partial charge in [-0.15, -0.1) is 11.3 Å². The predicted molar refractivity (Wildman–Crippen MR) is 86.7 cm³/mol. The number of guanidine groups is 1. The van der Waals surface area contributed by atoms with E-state index >= 15 is 0 Å². The maximum Gasteiger partial charge on any atom is 0.319 e. The van der Waals surface area contributed by atoms with E-state index < -0.39 is 6.55 Å². The number of nitrogens with one attached hydrogen (secondary N) is 2. The molecule has 0 atom stereocenters. The summed E-state index contributed by atoms with van der Waals surface area (Å²) in [6, 6.07) is 0. The molecule has 0 saturated heterocycles. The van der Waals surface area contributed by atoms with Crippen molar-refractivity contribution >= 4 is 17.3 Å². The van der Waals surface area contributed by atoms with Crippen LogP contribution in [0.3, 0.4) is 0 Å². The second kappa shape index (κ2) is 8.00. The minimum Gasteiger partial charge on any atom is -0.357 e. The SMILES string of the molecule is CCNC(=NCc1nccn1C(F)F)NCc1sc(C)nc1C. The number of nitrogens with zero attached hydrogens (tertiary/aromatic N) is 4. The maximum atomic E-state index is 12.8. The second-order valence-corrected chi connectivity index (χ2v) is 6.11. The van der Waals surface area contributed by atoms with E-state index in [9.17, 15) is 8.78 Å². The Kier molecular flexibility index (Phi) is 6.03. The molecular weight excluding hydrogens is 322 g/mol. The van der Waals surface area contributed by atoms with Crippen molar-refractivity contribution in [3.63, 3.8) is 0 Å². The fourth-order valence-corrected chi connectivity index (χ4v) is 2.91. The van der Waals surface area contributed by atoms with Gasteiger partial charge in [-0.2, -0.15) is 8.78 Å². The molecule has 0 aliphatic carbocycles. The molecule has 2 aromatic rings. The molecule has 2 aromatic heterocycles. The van der Waals surface area contributed by atoms with Crippen molar-refractivity contribution in [3.8, 4) is 0 Å². The minimum atomic E-state index is -2.61. The molecule has 23 heavy (non-hydrogen) atoms. The number of aryl methyl sites for hydroxylation is 2. The molecule has 0 amide bonds. The topological polar surface area (TPSA) is 67.1 Å². The Morgan fingerprint density at radius 1 is 1.39 bits per heavy atom. The van der Waals surface area contributed by atoms with Gasteiger partial charge in [-0.1, -0.05) is 0 Å². The van der Waals surface area contributed by atoms with E-state index in [1.54, 1.807) is 11.3 Å². The highest BCUT2D eigenvalue weighted by Crippen LogP contribution is 2.16. The van der Waals surface area contributed by atoms with Crippen LogP contribution in [0.1, 0.15) is 34.9 Å². The van der Waals surface area contributed by atoms with Crippen molar-refractivity contribution < 1.29 is 8.78 Å². The molecule has 2 heterocycles. The van der Waals surface area contributed by atoms with E-state index in [2.05, 4.69) is 25.6 Å². The molecule has 0 radical (unpaired) electrons. The summed E-state index contributed by atoms with van der Waals surface area (Å²) in [5.74, 6) is 0.781. The quantitative estimate of drug-likeness (QED) is 0.625. The van der Waals surface area contributed by atoms with Crippen LogP contribution >= 0.6 is 11.3 Å². The molecule has 126 valence electrons. The standard InChI is InChI=1S/C14H20F2N6S/c1-4-17-14(19-7-11-9(2)21-10(3)23-11)20-8-12-18-5-6-22(12)13(15)16/h5-6,13H,4,7-8H2,1-3H3,(H2,17,19,20). The number of rotatable bonds is 6. The molecule has 0 aromatic carbocycles. The van der Waals surface area contributed by atoms with Crippen LogP contribution < -0.4 is 10.6 Å². The first kappa shape index (κ1) is 17.3. The van der Waals surface area contributed by atoms with Gasteiger partial charge in [0.1, 0.15) is 12.4 Å². The zero-order valence-electron chi connectivity index (χ0n) is 13.3. The first-order valence-electron chi connectivity index (χ1n) is 7.26. The van der Waals surface area contributed by atoms with Crippen molar-refractivity contribution in [2.75, 3.05) is 6.54 Å². The third-order valence-electron chi connectivity index (χ3n) is 3.10. The van der Waals surface area contributed by atoms with Crippen LogP contribution in [-0.2, 0) is 13.1 Å². The molecule has 0 aliphatic heterocycles. The van der Waals surface area contributed by atoms with Crippen LogP contribution in [0.4, 0.5) is 8.78 Å². The fraction of sp³-hybridized carbons (Fsp3) is 0.500. The molecule has 0 spiro atoms. The van der Waals surface area contributed by atoms with Crippen LogP contribution in [0.15, 0.2) is 17.4 Å². The molecule has 2 rings (SSSR count). The largest absolute Gasteiger partial charge is 0.357 e. The first-order chi connectivity index (χ1) is 11.0. The average molecular weight is 342 g/mol. The molecule has 9 heteroatoms. The van der Waals surface area contributed by atoms with Gasteiger partial charge in [-0.25, -0.2) is 15.0 Å². The van der Waals surface area contributed by atoms with Crippen molar-refractivity contribution in [2.24, 2.45) is 4.99 Å². The number of aromatic nitrogens is 3. The van der Waals surface area contributed by atoms with E-state index in [1.807, 2.05) is 20.8 Å². The van der Waals surface area contributed by atoms with Crippen molar-refractivity contribution in [2.45, 2.75) is 40.4 Å². The normalized spacial score (nSPS) is 12.0. The number of thiazole rings is 1. The number of hydrogen-bond donors (Lipinski definition) is 2. The van der Waals surface area contributed by atoms with Crippen LogP contribution in [-0.4, -0.2) is 27.0 Å². The van der Waals surface area contributed by atoms with Crippen LogP contribution in [0, 0.1) is 13.8 Å². The van der Waals surface area contributed by atoms with Gasteiger partial charge in [0.2, 0.25) is 0 Å². The van der Waals surface area contributed by atoms with Crippen molar-refractivity contribution in [3.05, 3.63) is 33.8 Å². The molecule has 0 saturated carbocycles. The molecule has 6 nitrogen and oxygen atoms in total. The average Bonchev–Trinajstić information content (AvgIpc) is 3.08. The summed E-state index contributed by atoms with van der Waals surface area (Å²) in [4.78, 5) is 13.7. The number of imidazole rings is 1. The third-order valence-corrected chi connectivity index (χ3v) is 4.17. The van der Waals surface area contributed by atoms with Crippen LogP contribution in [0.5, 0.6) is 0 Å². The molecule has 0 bridgehead atoms. The van der Waals surface area contributed by atoms with Crippen LogP contribution in [0.25, 0.3) is 0 Å². The van der Waals surface area contributed by atoms with Gasteiger partial charge >= 0.3 is 6.55 Å². The number of hydrogen-bond acceptors (Lipinski definition) is 4. The number of aliphatic imine (C=N–C) groups is 1. The van der Waals surface area contributed by atoms with E-state index in [4.69, 9.17) is 0 Å². The number of halogens is 2. The molecule has 0 aliphatic rings. The molecular formula is C14H20F2N6S. The van der Waals surface area contributed by atoms with E-state index in [-0.39, 0.29) is 12.4 Å². The van der Waals surface area contributed by atoms with Gasteiger partial charge in [0.15, 0.2) is 5.96 Å². The van der Waals surface area contributed by atoms with Gasteiger partial charge in [0, 0.05) is 23.8 Å². The zero-order valence-corrected chi connectivity index (χ0v) is 14.1. The lowest BCUT2D eigenvalue weighted by molar-refractivity contribution is 0.0671. The summed E-state index contributed by atoms with van der Waals surface area (Å²) in [6.45, 7) is 4.60. The monoisotopic (exact) mass is 342 g/mol. The Labute approximate surface area is 137 Å². The Morgan fingerprint density at radius 2 is 2.17 bits per heavy atom. The molecule has 2 N–H and O–H groups in total. The summed E-state index contributed by atoms with van der Waals surface area (Å²) in [6.07, 6.45) is 2.60. The van der Waals surface area contributed by atoms with Gasteiger partial charge in [-0.05, 0) is 20.8 Å². The summed E-state index contributed by atoms with van der Waals surface area (Å²) < 4.78 is 26.4. The first-order valence-corrected chi connectivity index (χ1v) is 8.07. The van der Waals surface area contributed by atoms with Gasteiger partial charge in [0.25, 0.3) is 0 Å². The summed E-state index contributed by atoms with van der Waals surface area (Å²) in [5, 5.41) is 7.29. The summed E-state index contributed by atoms with van der Waals surface area (Å²) >= 11 is 1.62. The Bertz CT molecular complexity index is 664. The van der Waals surface area contributed by atoms with E-state index in [0.717, 1.165) is 20.1 Å². The van der Waals surface area contributed by atoms with E-state index in [1.165, 1.54) is 12.4 Å². The molecule has 0 unspecified atom stereocenters. The van der Waals surface area contributed by atoms with Crippen LogP contribution in [0.2, 0.25) is 0 Å². The second-order valence-electron chi connectivity index (χ2n) is 4.82. The lowest BCUT2D eigenvalue weighted by Gasteiger charge is -2.11. The fourth-order valence-electron chi connectivity index (χ4n) is 2.04. The van der Waals surface area contributed by atoms with Gasteiger partial charge in [-0.3, -0.25) is 4.57 Å². The van der Waals surface area contributed by atoms with Crippen molar-refractivity contribution in [1.82, 2.24) is 25.2 Å². The van der Waals surface area contributed by atoms with Gasteiger partial charge in [0.05, 0.1) is 17.2 Å². The Hall–Kier alpha value is -2.03. The summed E-state index contributed by atoms with van der Waals surface area (Å²) in [7, 11) is 0. The van der Waals surface area contributed by atoms with Crippen molar-refractivity contribution in [1.29, 1.82) is 0 Å². The number of alkyl halides is 2. The Balaban J connectivity index is 2.02. The highest BCUT2D eigenvalue weighted by molar-refractivity contribution is 7.11. The lowest BCUT2D eigenvalue weighted by Crippen LogP contribution is -2.36.